The number of ether oxygens (including phenoxy) is 1. The molecule has 2 N–H and O–H groups in total. The van der Waals surface area contributed by atoms with Gasteiger partial charge >= 0.3 is 0 Å². The maximum absolute atomic E-state index is 10.1. The summed E-state index contributed by atoms with van der Waals surface area (Å²) in [4.78, 5) is 0. The van der Waals surface area contributed by atoms with Crippen LogP contribution in [-0.2, 0) is 11.3 Å². The van der Waals surface area contributed by atoms with Gasteiger partial charge in [-0.25, -0.2) is 0 Å². The van der Waals surface area contributed by atoms with Crippen molar-refractivity contribution in [1.29, 1.82) is 0 Å². The van der Waals surface area contributed by atoms with Gasteiger partial charge in [0.1, 0.15) is 0 Å². The van der Waals surface area contributed by atoms with Gasteiger partial charge in [0.2, 0.25) is 0 Å². The van der Waals surface area contributed by atoms with Crippen molar-refractivity contribution in [2.75, 3.05) is 20.3 Å². The van der Waals surface area contributed by atoms with Crippen LogP contribution in [0, 0.1) is 6.92 Å². The summed E-state index contributed by atoms with van der Waals surface area (Å²) in [5.74, 6) is 0. The lowest BCUT2D eigenvalue weighted by atomic mass is 10.0. The average molecular weight is 316 g/mol. The molecular weight excluding hydrogens is 294 g/mol. The van der Waals surface area contributed by atoms with E-state index in [1.807, 2.05) is 6.92 Å². The maximum atomic E-state index is 10.1. The fraction of sp³-hybridized carbons (Fsp3) is 0.571. The number of benzene rings is 1. The highest BCUT2D eigenvalue weighted by Crippen LogP contribution is 2.17. The van der Waals surface area contributed by atoms with Crippen molar-refractivity contribution in [3.05, 3.63) is 33.8 Å². The molecule has 0 spiro atoms. The molecule has 3 nitrogen and oxygen atoms in total. The summed E-state index contributed by atoms with van der Waals surface area (Å²) in [6.45, 7) is 5.77. The summed E-state index contributed by atoms with van der Waals surface area (Å²) in [5, 5.41) is 13.3. The molecular formula is C14H22BrNO2. The molecule has 1 unspecified atom stereocenters. The summed E-state index contributed by atoms with van der Waals surface area (Å²) in [6, 6.07) is 6.29. The molecule has 0 aromatic heterocycles. The molecule has 1 aromatic rings. The third-order valence-electron chi connectivity index (χ3n) is 2.92. The Labute approximate surface area is 118 Å². The van der Waals surface area contributed by atoms with Crippen molar-refractivity contribution in [2.45, 2.75) is 32.4 Å². The molecule has 18 heavy (non-hydrogen) atoms. The minimum absolute atomic E-state index is 0.557. The highest BCUT2D eigenvalue weighted by molar-refractivity contribution is 9.10. The molecule has 0 saturated heterocycles. The summed E-state index contributed by atoms with van der Waals surface area (Å²) >= 11 is 3.52. The summed E-state index contributed by atoms with van der Waals surface area (Å²) in [5.41, 5.74) is 1.71. The molecule has 1 rings (SSSR count). The zero-order chi connectivity index (χ0) is 13.6. The van der Waals surface area contributed by atoms with Gasteiger partial charge < -0.3 is 15.2 Å². The smallest absolute Gasteiger partial charge is 0.0765 e. The van der Waals surface area contributed by atoms with Gasteiger partial charge in [-0.3, -0.25) is 0 Å². The first-order valence-electron chi connectivity index (χ1n) is 6.12. The van der Waals surface area contributed by atoms with Crippen molar-refractivity contribution in [3.63, 3.8) is 0 Å². The van der Waals surface area contributed by atoms with E-state index in [1.54, 1.807) is 7.11 Å². The zero-order valence-electron chi connectivity index (χ0n) is 11.3. The minimum atomic E-state index is -0.724. The molecule has 0 amide bonds. The van der Waals surface area contributed by atoms with E-state index in [4.69, 9.17) is 4.74 Å². The van der Waals surface area contributed by atoms with Crippen LogP contribution in [0.25, 0.3) is 0 Å². The first kappa shape index (κ1) is 15.6. The fourth-order valence-corrected chi connectivity index (χ4v) is 2.06. The Morgan fingerprint density at radius 2 is 2.17 bits per heavy atom. The first-order valence-corrected chi connectivity index (χ1v) is 6.91. The van der Waals surface area contributed by atoms with Crippen LogP contribution >= 0.6 is 15.9 Å². The lowest BCUT2D eigenvalue weighted by Gasteiger charge is -2.23. The van der Waals surface area contributed by atoms with Gasteiger partial charge in [-0.15, -0.1) is 0 Å². The number of nitrogens with one attached hydrogen (secondary N) is 1. The summed E-state index contributed by atoms with van der Waals surface area (Å²) in [6.07, 6.45) is 0.633. The van der Waals surface area contributed by atoms with E-state index in [0.717, 1.165) is 11.0 Å². The number of rotatable bonds is 7. The monoisotopic (exact) mass is 315 g/mol. The Morgan fingerprint density at radius 3 is 2.78 bits per heavy atom. The van der Waals surface area contributed by atoms with E-state index >= 15 is 0 Å². The van der Waals surface area contributed by atoms with Gasteiger partial charge in [0.25, 0.3) is 0 Å². The molecule has 102 valence electrons. The van der Waals surface area contributed by atoms with E-state index in [9.17, 15) is 5.11 Å². The first-order chi connectivity index (χ1) is 8.44. The summed E-state index contributed by atoms with van der Waals surface area (Å²) < 4.78 is 6.10. The Balaban J connectivity index is 2.39. The Kier molecular flexibility index (Phi) is 6.29. The van der Waals surface area contributed by atoms with Crippen LogP contribution in [0.2, 0.25) is 0 Å². The van der Waals surface area contributed by atoms with Gasteiger partial charge in [-0.05, 0) is 31.0 Å². The number of halogens is 1. The van der Waals surface area contributed by atoms with Crippen molar-refractivity contribution in [2.24, 2.45) is 0 Å². The molecule has 0 saturated carbocycles. The Bertz CT molecular complexity index is 380. The second kappa shape index (κ2) is 7.24. The summed E-state index contributed by atoms with van der Waals surface area (Å²) in [7, 11) is 1.65. The lowest BCUT2D eigenvalue weighted by molar-refractivity contribution is 0.0247. The van der Waals surface area contributed by atoms with E-state index in [-0.39, 0.29) is 0 Å². The molecule has 0 aliphatic carbocycles. The normalized spacial score (nSPS) is 14.5. The molecule has 0 aliphatic rings. The third kappa shape index (κ3) is 5.48. The maximum Gasteiger partial charge on any atom is 0.0765 e. The molecule has 0 aliphatic heterocycles. The highest BCUT2D eigenvalue weighted by atomic mass is 79.9. The van der Waals surface area contributed by atoms with E-state index in [2.05, 4.69) is 46.4 Å². The minimum Gasteiger partial charge on any atom is -0.389 e. The zero-order valence-corrected chi connectivity index (χ0v) is 12.9. The Morgan fingerprint density at radius 1 is 1.44 bits per heavy atom. The number of methoxy groups -OCH3 is 1. The van der Waals surface area contributed by atoms with Gasteiger partial charge in [0.15, 0.2) is 0 Å². The second-order valence-corrected chi connectivity index (χ2v) is 5.78. The number of hydrogen-bond acceptors (Lipinski definition) is 3. The SMILES string of the molecule is COCCC(C)(O)CNCc1ccc(C)c(Br)c1. The average Bonchev–Trinajstić information content (AvgIpc) is 2.31. The van der Waals surface area contributed by atoms with E-state index in [0.29, 0.717) is 19.6 Å². The van der Waals surface area contributed by atoms with Crippen LogP contribution in [-0.4, -0.2) is 31.0 Å². The lowest BCUT2D eigenvalue weighted by Crippen LogP contribution is -2.38. The standard InChI is InChI=1S/C14H22BrNO2/c1-11-4-5-12(8-13(11)15)9-16-10-14(2,17)6-7-18-3/h4-5,8,16-17H,6-7,9-10H2,1-3H3. The van der Waals surface area contributed by atoms with Gasteiger partial charge in [0.05, 0.1) is 5.60 Å². The molecule has 0 heterocycles. The predicted octanol–water partition coefficient (Wildman–Crippen LogP) is 2.63. The van der Waals surface area contributed by atoms with Gasteiger partial charge in [-0.2, -0.15) is 0 Å². The number of hydrogen-bond donors (Lipinski definition) is 2. The molecule has 0 radical (unpaired) electrons. The second-order valence-electron chi connectivity index (χ2n) is 4.93. The molecule has 0 bridgehead atoms. The topological polar surface area (TPSA) is 41.5 Å². The van der Waals surface area contributed by atoms with Crippen LogP contribution in [0.1, 0.15) is 24.5 Å². The third-order valence-corrected chi connectivity index (χ3v) is 3.77. The molecule has 1 atom stereocenters. The van der Waals surface area contributed by atoms with Crippen LogP contribution in [0.4, 0.5) is 0 Å². The van der Waals surface area contributed by atoms with E-state index < -0.39 is 5.60 Å². The largest absolute Gasteiger partial charge is 0.389 e. The predicted molar refractivity (Wildman–Crippen MR) is 77.7 cm³/mol. The molecule has 1 aromatic carbocycles. The fourth-order valence-electron chi connectivity index (χ4n) is 1.63. The van der Waals surface area contributed by atoms with Crippen molar-refractivity contribution >= 4 is 15.9 Å². The highest BCUT2D eigenvalue weighted by Gasteiger charge is 2.19. The van der Waals surface area contributed by atoms with Crippen molar-refractivity contribution in [3.8, 4) is 0 Å². The number of aliphatic hydroxyl groups is 1. The van der Waals surface area contributed by atoms with E-state index in [1.165, 1.54) is 11.1 Å². The van der Waals surface area contributed by atoms with Crippen LogP contribution in [0.15, 0.2) is 22.7 Å². The van der Waals surface area contributed by atoms with Crippen molar-refractivity contribution < 1.29 is 9.84 Å². The molecule has 4 heteroatoms. The van der Waals surface area contributed by atoms with Crippen LogP contribution in [0.3, 0.4) is 0 Å². The Hall–Kier alpha value is -0.420. The van der Waals surface area contributed by atoms with Crippen molar-refractivity contribution in [1.82, 2.24) is 5.32 Å². The van der Waals surface area contributed by atoms with Crippen LogP contribution in [0.5, 0.6) is 0 Å². The van der Waals surface area contributed by atoms with Gasteiger partial charge in [0, 0.05) is 37.7 Å². The van der Waals surface area contributed by atoms with Crippen LogP contribution < -0.4 is 5.32 Å². The molecule has 0 fully saturated rings. The quantitative estimate of drug-likeness (QED) is 0.812. The van der Waals surface area contributed by atoms with Gasteiger partial charge in [-0.1, -0.05) is 28.1 Å². The number of aryl methyl sites for hydroxylation is 1.